The molecule has 4 nitrogen and oxygen atoms in total. The average molecular weight is 273 g/mol. The summed E-state index contributed by atoms with van der Waals surface area (Å²) in [4.78, 5) is 0. The van der Waals surface area contributed by atoms with Gasteiger partial charge in [-0.2, -0.15) is 0 Å². The van der Waals surface area contributed by atoms with Crippen molar-refractivity contribution in [1.82, 2.24) is 5.32 Å². The first-order valence-electron chi connectivity index (χ1n) is 7.47. The molecule has 2 aliphatic rings. The second-order valence-corrected chi connectivity index (χ2v) is 6.36. The molecule has 3 rings (SSSR count). The third-order valence-electron chi connectivity index (χ3n) is 4.75. The van der Waals surface area contributed by atoms with E-state index < -0.39 is 0 Å². The van der Waals surface area contributed by atoms with E-state index in [0.29, 0.717) is 18.3 Å². The molecule has 0 heterocycles. The van der Waals surface area contributed by atoms with Crippen LogP contribution in [0.2, 0.25) is 0 Å². The van der Waals surface area contributed by atoms with Crippen LogP contribution in [0.15, 0.2) is 29.4 Å². The summed E-state index contributed by atoms with van der Waals surface area (Å²) < 4.78 is 0. The molecule has 1 fully saturated rings. The summed E-state index contributed by atoms with van der Waals surface area (Å²) in [6.45, 7) is 0.982. The monoisotopic (exact) mass is 273 g/mol. The second kappa shape index (κ2) is 5.44. The Hall–Kier alpha value is -1.55. The molecular formula is C16H23N3O. The van der Waals surface area contributed by atoms with Crippen LogP contribution in [0.5, 0.6) is 0 Å². The van der Waals surface area contributed by atoms with Crippen LogP contribution in [0.1, 0.15) is 36.8 Å². The van der Waals surface area contributed by atoms with Crippen LogP contribution in [0, 0.1) is 5.41 Å². The van der Waals surface area contributed by atoms with Gasteiger partial charge in [0.25, 0.3) is 0 Å². The quantitative estimate of drug-likeness (QED) is 0.333. The summed E-state index contributed by atoms with van der Waals surface area (Å²) in [6, 6.07) is 9.30. The highest BCUT2D eigenvalue weighted by atomic mass is 16.4. The van der Waals surface area contributed by atoms with Gasteiger partial charge in [-0.3, -0.25) is 0 Å². The molecule has 0 aliphatic heterocycles. The fourth-order valence-corrected chi connectivity index (χ4v) is 3.25. The molecule has 1 unspecified atom stereocenters. The van der Waals surface area contributed by atoms with Crippen LogP contribution >= 0.6 is 0 Å². The highest BCUT2D eigenvalue weighted by Crippen LogP contribution is 2.48. The van der Waals surface area contributed by atoms with Gasteiger partial charge in [-0.25, -0.2) is 0 Å². The van der Waals surface area contributed by atoms with Gasteiger partial charge in [0, 0.05) is 19.0 Å². The SMILES string of the molecule is NC(CC1(CNC2CCc3ccccc3C2)CC1)=NO. The summed E-state index contributed by atoms with van der Waals surface area (Å²) in [5, 5.41) is 15.5. The van der Waals surface area contributed by atoms with Crippen LogP contribution < -0.4 is 11.1 Å². The fourth-order valence-electron chi connectivity index (χ4n) is 3.25. The van der Waals surface area contributed by atoms with Crippen molar-refractivity contribution in [2.75, 3.05) is 6.54 Å². The Bertz CT molecular complexity index is 508. The smallest absolute Gasteiger partial charge is 0.139 e. The minimum absolute atomic E-state index is 0.243. The molecule has 20 heavy (non-hydrogen) atoms. The number of hydrogen-bond acceptors (Lipinski definition) is 3. The molecule has 1 aromatic rings. The lowest BCUT2D eigenvalue weighted by atomic mass is 9.88. The number of benzene rings is 1. The lowest BCUT2D eigenvalue weighted by Crippen LogP contribution is -2.39. The lowest BCUT2D eigenvalue weighted by Gasteiger charge is -2.27. The van der Waals surface area contributed by atoms with Gasteiger partial charge in [-0.05, 0) is 48.6 Å². The third-order valence-corrected chi connectivity index (χ3v) is 4.75. The van der Waals surface area contributed by atoms with E-state index in [1.165, 1.54) is 36.8 Å². The van der Waals surface area contributed by atoms with Crippen molar-refractivity contribution in [3.63, 3.8) is 0 Å². The Kier molecular flexibility index (Phi) is 3.66. The number of hydrogen-bond donors (Lipinski definition) is 3. The van der Waals surface area contributed by atoms with Gasteiger partial charge >= 0.3 is 0 Å². The zero-order valence-corrected chi connectivity index (χ0v) is 11.8. The third kappa shape index (κ3) is 2.96. The van der Waals surface area contributed by atoms with E-state index in [1.807, 2.05) is 0 Å². The van der Waals surface area contributed by atoms with Gasteiger partial charge in [0.2, 0.25) is 0 Å². The highest BCUT2D eigenvalue weighted by molar-refractivity contribution is 5.80. The molecule has 2 aliphatic carbocycles. The first-order chi connectivity index (χ1) is 9.71. The van der Waals surface area contributed by atoms with Gasteiger partial charge in [0.05, 0.1) is 0 Å². The van der Waals surface area contributed by atoms with E-state index in [2.05, 4.69) is 34.7 Å². The molecular weight excluding hydrogens is 250 g/mol. The fraction of sp³-hybridized carbons (Fsp3) is 0.562. The lowest BCUT2D eigenvalue weighted by molar-refractivity contribution is 0.313. The molecule has 1 aromatic carbocycles. The van der Waals surface area contributed by atoms with Gasteiger partial charge in [0.15, 0.2) is 0 Å². The summed E-state index contributed by atoms with van der Waals surface area (Å²) in [6.07, 6.45) is 6.56. The zero-order valence-electron chi connectivity index (χ0n) is 11.8. The topological polar surface area (TPSA) is 70.6 Å². The molecule has 1 saturated carbocycles. The number of rotatable bonds is 5. The molecule has 4 heteroatoms. The maximum atomic E-state index is 8.69. The van der Waals surface area contributed by atoms with Gasteiger partial charge in [-0.1, -0.05) is 29.4 Å². The Morgan fingerprint density at radius 1 is 1.35 bits per heavy atom. The van der Waals surface area contributed by atoms with E-state index in [1.54, 1.807) is 0 Å². The molecule has 0 amide bonds. The van der Waals surface area contributed by atoms with Crippen LogP contribution in [0.25, 0.3) is 0 Å². The Balaban J connectivity index is 1.53. The summed E-state index contributed by atoms with van der Waals surface area (Å²) in [5.41, 5.74) is 8.87. The molecule has 0 aromatic heterocycles. The van der Waals surface area contributed by atoms with E-state index in [9.17, 15) is 0 Å². The minimum Gasteiger partial charge on any atom is -0.409 e. The molecule has 1 atom stereocenters. The minimum atomic E-state index is 0.243. The average Bonchev–Trinajstić information content (AvgIpc) is 3.25. The van der Waals surface area contributed by atoms with Crippen molar-refractivity contribution < 1.29 is 5.21 Å². The number of nitrogens with two attached hydrogens (primary N) is 1. The van der Waals surface area contributed by atoms with Crippen molar-refractivity contribution in [2.45, 2.75) is 44.6 Å². The van der Waals surface area contributed by atoms with E-state index in [4.69, 9.17) is 10.9 Å². The normalized spacial score (nSPS) is 24.2. The van der Waals surface area contributed by atoms with Gasteiger partial charge in [-0.15, -0.1) is 0 Å². The standard InChI is InChI=1S/C16H23N3O/c17-15(19-20)10-16(7-8-16)11-18-14-6-5-12-3-1-2-4-13(12)9-14/h1-4,14,18,20H,5-11H2,(H2,17,19). The maximum Gasteiger partial charge on any atom is 0.139 e. The Labute approximate surface area is 120 Å². The molecule has 0 radical (unpaired) electrons. The molecule has 0 bridgehead atoms. The van der Waals surface area contributed by atoms with Crippen molar-refractivity contribution in [3.8, 4) is 0 Å². The number of nitrogens with zero attached hydrogens (tertiary/aromatic N) is 1. The summed E-state index contributed by atoms with van der Waals surface area (Å²) in [5.74, 6) is 0.360. The van der Waals surface area contributed by atoms with E-state index in [-0.39, 0.29) is 5.41 Å². The number of fused-ring (bicyclic) bond motifs is 1. The van der Waals surface area contributed by atoms with Crippen molar-refractivity contribution in [2.24, 2.45) is 16.3 Å². The van der Waals surface area contributed by atoms with Crippen molar-refractivity contribution >= 4 is 5.84 Å². The van der Waals surface area contributed by atoms with Crippen LogP contribution in [-0.2, 0) is 12.8 Å². The predicted octanol–water partition coefficient (Wildman–Crippen LogP) is 2.05. The van der Waals surface area contributed by atoms with E-state index in [0.717, 1.165) is 13.0 Å². The van der Waals surface area contributed by atoms with Crippen LogP contribution in [-0.4, -0.2) is 23.6 Å². The second-order valence-electron chi connectivity index (χ2n) is 6.36. The molecule has 108 valence electrons. The van der Waals surface area contributed by atoms with Crippen LogP contribution in [0.3, 0.4) is 0 Å². The van der Waals surface area contributed by atoms with Crippen molar-refractivity contribution in [1.29, 1.82) is 0 Å². The van der Waals surface area contributed by atoms with Gasteiger partial charge in [0.1, 0.15) is 5.84 Å². The summed E-state index contributed by atoms with van der Waals surface area (Å²) >= 11 is 0. The molecule has 4 N–H and O–H groups in total. The van der Waals surface area contributed by atoms with Crippen LogP contribution in [0.4, 0.5) is 0 Å². The largest absolute Gasteiger partial charge is 0.409 e. The van der Waals surface area contributed by atoms with Crippen molar-refractivity contribution in [3.05, 3.63) is 35.4 Å². The molecule has 0 saturated heterocycles. The van der Waals surface area contributed by atoms with Gasteiger partial charge < -0.3 is 16.3 Å². The van der Waals surface area contributed by atoms with E-state index >= 15 is 0 Å². The number of amidine groups is 1. The maximum absolute atomic E-state index is 8.69. The number of nitrogens with one attached hydrogen (secondary N) is 1. The first kappa shape index (κ1) is 13.4. The Morgan fingerprint density at radius 2 is 2.10 bits per heavy atom. The summed E-state index contributed by atoms with van der Waals surface area (Å²) in [7, 11) is 0. The molecule has 0 spiro atoms. The first-order valence-corrected chi connectivity index (χ1v) is 7.47. The predicted molar refractivity (Wildman–Crippen MR) is 80.0 cm³/mol. The zero-order chi connectivity index (χ0) is 14.0. The number of oxime groups is 1. The number of aryl methyl sites for hydroxylation is 1. The highest BCUT2D eigenvalue weighted by Gasteiger charge is 2.43. The Morgan fingerprint density at radius 3 is 2.80 bits per heavy atom.